The van der Waals surface area contributed by atoms with Gasteiger partial charge in [0.1, 0.15) is 0 Å². The van der Waals surface area contributed by atoms with Crippen molar-refractivity contribution in [1.82, 2.24) is 14.5 Å². The van der Waals surface area contributed by atoms with E-state index in [2.05, 4.69) is 23.5 Å². The predicted molar refractivity (Wildman–Crippen MR) is 112 cm³/mol. The second-order valence-corrected chi connectivity index (χ2v) is 10.0. The fraction of sp³-hybridized carbons (Fsp3) is 0.667. The van der Waals surface area contributed by atoms with Gasteiger partial charge in [-0.3, -0.25) is 9.69 Å². The molecular weight excluding hydrogens is 390 g/mol. The van der Waals surface area contributed by atoms with Gasteiger partial charge in [-0.05, 0) is 44.7 Å². The number of rotatable bonds is 7. The largest absolute Gasteiger partial charge is 0.373 e. The molecule has 7 nitrogen and oxygen atoms in total. The molecule has 1 N–H and O–H groups in total. The Labute approximate surface area is 174 Å². The first-order valence-corrected chi connectivity index (χ1v) is 12.0. The number of nitrogens with one attached hydrogen (secondary N) is 1. The molecule has 0 spiro atoms. The summed E-state index contributed by atoms with van der Waals surface area (Å²) in [6.45, 7) is 8.90. The molecule has 1 aromatic rings. The van der Waals surface area contributed by atoms with Crippen LogP contribution in [0.15, 0.2) is 35.2 Å². The highest BCUT2D eigenvalue weighted by Crippen LogP contribution is 2.21. The summed E-state index contributed by atoms with van der Waals surface area (Å²) in [7, 11) is -3.56. The predicted octanol–water partition coefficient (Wildman–Crippen LogP) is 1.70. The van der Waals surface area contributed by atoms with Gasteiger partial charge in [-0.2, -0.15) is 0 Å². The van der Waals surface area contributed by atoms with Crippen LogP contribution in [0, 0.1) is 5.92 Å². The topological polar surface area (TPSA) is 79.0 Å². The summed E-state index contributed by atoms with van der Waals surface area (Å²) in [5.74, 6) is 0.626. The van der Waals surface area contributed by atoms with Gasteiger partial charge in [-0.25, -0.2) is 13.1 Å². The quantitative estimate of drug-likeness (QED) is 0.722. The van der Waals surface area contributed by atoms with Gasteiger partial charge in [0.2, 0.25) is 15.9 Å². The summed E-state index contributed by atoms with van der Waals surface area (Å²) in [4.78, 5) is 17.0. The zero-order valence-corrected chi connectivity index (χ0v) is 18.2. The number of ether oxygens (including phenoxy) is 1. The van der Waals surface area contributed by atoms with Gasteiger partial charge < -0.3 is 9.64 Å². The van der Waals surface area contributed by atoms with Crippen molar-refractivity contribution in [2.24, 2.45) is 5.92 Å². The molecular formula is C21H33N3O4S. The van der Waals surface area contributed by atoms with Crippen molar-refractivity contribution in [3.05, 3.63) is 30.3 Å². The van der Waals surface area contributed by atoms with E-state index in [4.69, 9.17) is 4.74 Å². The van der Waals surface area contributed by atoms with E-state index in [1.165, 1.54) is 0 Å². The smallest absolute Gasteiger partial charge is 0.240 e. The first kappa shape index (κ1) is 22.2. The fourth-order valence-electron chi connectivity index (χ4n) is 4.30. The van der Waals surface area contributed by atoms with Crippen LogP contribution in [-0.2, 0) is 19.6 Å². The van der Waals surface area contributed by atoms with Gasteiger partial charge in [-0.15, -0.1) is 0 Å². The maximum Gasteiger partial charge on any atom is 0.240 e. The molecule has 2 saturated heterocycles. The molecule has 162 valence electrons. The van der Waals surface area contributed by atoms with E-state index in [0.29, 0.717) is 5.92 Å². The molecule has 3 rings (SSSR count). The monoisotopic (exact) mass is 423 g/mol. The van der Waals surface area contributed by atoms with Crippen molar-refractivity contribution in [3.63, 3.8) is 0 Å². The number of amides is 1. The lowest BCUT2D eigenvalue weighted by Gasteiger charge is -2.39. The third kappa shape index (κ3) is 6.50. The molecule has 0 bridgehead atoms. The molecule has 2 heterocycles. The van der Waals surface area contributed by atoms with Crippen molar-refractivity contribution in [3.8, 4) is 0 Å². The molecule has 1 amide bonds. The third-order valence-electron chi connectivity index (χ3n) is 5.66. The minimum absolute atomic E-state index is 0.0211. The van der Waals surface area contributed by atoms with E-state index in [1.54, 1.807) is 30.3 Å². The average Bonchev–Trinajstić information content (AvgIpc) is 2.68. The Balaban J connectivity index is 1.38. The van der Waals surface area contributed by atoms with Gasteiger partial charge in [0.25, 0.3) is 0 Å². The van der Waals surface area contributed by atoms with E-state index in [1.807, 2.05) is 4.90 Å². The van der Waals surface area contributed by atoms with Gasteiger partial charge >= 0.3 is 0 Å². The summed E-state index contributed by atoms with van der Waals surface area (Å²) in [5.41, 5.74) is 0. The van der Waals surface area contributed by atoms with Crippen molar-refractivity contribution < 1.29 is 17.9 Å². The molecule has 8 heteroatoms. The number of benzene rings is 1. The molecule has 2 unspecified atom stereocenters. The molecule has 0 aromatic heterocycles. The van der Waals surface area contributed by atoms with Crippen LogP contribution >= 0.6 is 0 Å². The molecule has 0 radical (unpaired) electrons. The van der Waals surface area contributed by atoms with Crippen LogP contribution < -0.4 is 4.72 Å². The summed E-state index contributed by atoms with van der Waals surface area (Å²) in [5, 5.41) is 0. The summed E-state index contributed by atoms with van der Waals surface area (Å²) in [6.07, 6.45) is 2.75. The molecule has 0 aliphatic carbocycles. The van der Waals surface area contributed by atoms with Gasteiger partial charge in [0.05, 0.1) is 17.1 Å². The Morgan fingerprint density at radius 2 is 1.72 bits per heavy atom. The number of hydrogen-bond acceptors (Lipinski definition) is 5. The molecule has 2 aliphatic rings. The van der Waals surface area contributed by atoms with Gasteiger partial charge in [0, 0.05) is 45.7 Å². The van der Waals surface area contributed by atoms with Gasteiger partial charge in [0.15, 0.2) is 0 Å². The van der Waals surface area contributed by atoms with Crippen molar-refractivity contribution in [1.29, 1.82) is 0 Å². The second kappa shape index (κ2) is 10.0. The molecule has 29 heavy (non-hydrogen) atoms. The Hall–Kier alpha value is -1.48. The standard InChI is InChI=1S/C21H33N3O4S/c1-17-14-23(15-18(2)28-17)16-19-9-12-24(13-10-19)21(25)8-11-22-29(26,27)20-6-4-3-5-7-20/h3-7,17-19,22H,8-16H2,1-2H3. The number of likely N-dealkylation sites (tertiary alicyclic amines) is 1. The van der Waals surface area contributed by atoms with Crippen LogP contribution in [0.25, 0.3) is 0 Å². The Morgan fingerprint density at radius 1 is 1.10 bits per heavy atom. The number of morpholine rings is 1. The highest BCUT2D eigenvalue weighted by Gasteiger charge is 2.28. The fourth-order valence-corrected chi connectivity index (χ4v) is 5.35. The Kier molecular flexibility index (Phi) is 7.67. The summed E-state index contributed by atoms with van der Waals surface area (Å²) < 4.78 is 32.8. The van der Waals surface area contributed by atoms with Crippen LogP contribution in [0.2, 0.25) is 0 Å². The number of carbonyl (C=O) groups is 1. The van der Waals surface area contributed by atoms with Crippen LogP contribution in [0.4, 0.5) is 0 Å². The number of sulfonamides is 1. The summed E-state index contributed by atoms with van der Waals surface area (Å²) in [6, 6.07) is 8.23. The van der Waals surface area contributed by atoms with Crippen LogP contribution in [-0.4, -0.2) is 75.6 Å². The first-order chi connectivity index (χ1) is 13.8. The molecule has 0 saturated carbocycles. The minimum atomic E-state index is -3.56. The van der Waals surface area contributed by atoms with E-state index < -0.39 is 10.0 Å². The Morgan fingerprint density at radius 3 is 2.34 bits per heavy atom. The lowest BCUT2D eigenvalue weighted by molar-refractivity contribution is -0.132. The maximum absolute atomic E-state index is 12.5. The molecule has 2 aliphatic heterocycles. The molecule has 2 atom stereocenters. The molecule has 2 fully saturated rings. The highest BCUT2D eigenvalue weighted by atomic mass is 32.2. The highest BCUT2D eigenvalue weighted by molar-refractivity contribution is 7.89. The number of carbonyl (C=O) groups excluding carboxylic acids is 1. The minimum Gasteiger partial charge on any atom is -0.373 e. The lowest BCUT2D eigenvalue weighted by atomic mass is 9.95. The molecule has 1 aromatic carbocycles. The van der Waals surface area contributed by atoms with Crippen molar-refractivity contribution in [2.45, 2.75) is 50.2 Å². The van der Waals surface area contributed by atoms with Crippen molar-refractivity contribution in [2.75, 3.05) is 39.3 Å². The van der Waals surface area contributed by atoms with Gasteiger partial charge in [-0.1, -0.05) is 18.2 Å². The van der Waals surface area contributed by atoms with Crippen LogP contribution in [0.1, 0.15) is 33.1 Å². The van der Waals surface area contributed by atoms with E-state index >= 15 is 0 Å². The maximum atomic E-state index is 12.5. The Bertz CT molecular complexity index is 753. The lowest BCUT2D eigenvalue weighted by Crippen LogP contribution is -2.48. The van der Waals surface area contributed by atoms with E-state index in [0.717, 1.165) is 45.6 Å². The van der Waals surface area contributed by atoms with Crippen LogP contribution in [0.5, 0.6) is 0 Å². The number of piperidine rings is 1. The van der Waals surface area contributed by atoms with Crippen molar-refractivity contribution >= 4 is 15.9 Å². The van der Waals surface area contributed by atoms with E-state index in [9.17, 15) is 13.2 Å². The summed E-state index contributed by atoms with van der Waals surface area (Å²) >= 11 is 0. The number of nitrogens with zero attached hydrogens (tertiary/aromatic N) is 2. The second-order valence-electron chi connectivity index (χ2n) is 8.26. The number of hydrogen-bond donors (Lipinski definition) is 1. The zero-order chi connectivity index (χ0) is 20.9. The van der Waals surface area contributed by atoms with E-state index in [-0.39, 0.29) is 36.0 Å². The first-order valence-electron chi connectivity index (χ1n) is 10.5. The third-order valence-corrected chi connectivity index (χ3v) is 7.14. The average molecular weight is 424 g/mol. The normalized spacial score (nSPS) is 24.6. The SMILES string of the molecule is CC1CN(CC2CCN(C(=O)CCNS(=O)(=O)c3ccccc3)CC2)CC(C)O1. The zero-order valence-electron chi connectivity index (χ0n) is 17.4. The van der Waals surface area contributed by atoms with Crippen LogP contribution in [0.3, 0.4) is 0 Å².